The van der Waals surface area contributed by atoms with Crippen molar-refractivity contribution in [2.24, 2.45) is 17.8 Å². The van der Waals surface area contributed by atoms with E-state index in [1.54, 1.807) is 0 Å². The SMILES string of the molecule is CCC[N+]12[C@H](O)[C@@H](CC)[C@H]3C[C@H]1[C@@H]1N(C)c4ccccc4[C@@]14C[C@H]2[C@@H]3[C@H]4O. The van der Waals surface area contributed by atoms with Crippen LogP contribution in [0.3, 0.4) is 0 Å². The van der Waals surface area contributed by atoms with Gasteiger partial charge in [0.2, 0.25) is 0 Å². The van der Waals surface area contributed by atoms with Crippen LogP contribution in [0.5, 0.6) is 0 Å². The number of likely N-dealkylation sites (N-methyl/N-ethyl adjacent to an activating group) is 1. The maximum Gasteiger partial charge on any atom is 0.194 e. The van der Waals surface area contributed by atoms with Gasteiger partial charge in [-0.25, -0.2) is 0 Å². The van der Waals surface area contributed by atoms with Crippen LogP contribution < -0.4 is 4.90 Å². The number of rotatable bonds is 3. The Hall–Kier alpha value is -1.10. The van der Waals surface area contributed by atoms with Gasteiger partial charge in [0.15, 0.2) is 6.23 Å². The van der Waals surface area contributed by atoms with Crippen molar-refractivity contribution in [3.8, 4) is 0 Å². The molecule has 5 fully saturated rings. The molecule has 0 aromatic heterocycles. The van der Waals surface area contributed by atoms with Crippen molar-refractivity contribution in [1.29, 1.82) is 0 Å². The van der Waals surface area contributed by atoms with Gasteiger partial charge in [-0.05, 0) is 30.4 Å². The van der Waals surface area contributed by atoms with Gasteiger partial charge in [0.1, 0.15) is 6.04 Å². The third-order valence-electron chi connectivity index (χ3n) is 9.73. The summed E-state index contributed by atoms with van der Waals surface area (Å²) in [7, 11) is 2.23. The number of para-hydroxylation sites is 1. The van der Waals surface area contributed by atoms with Crippen LogP contribution in [0.4, 0.5) is 5.69 Å². The first-order valence-electron chi connectivity index (χ1n) is 11.1. The minimum Gasteiger partial charge on any atom is -0.392 e. The van der Waals surface area contributed by atoms with Gasteiger partial charge in [-0.15, -0.1) is 0 Å². The molecule has 1 aromatic carbocycles. The molecule has 0 amide bonds. The Balaban J connectivity index is 1.62. The maximum absolute atomic E-state index is 11.9. The van der Waals surface area contributed by atoms with E-state index in [9.17, 15) is 10.2 Å². The lowest BCUT2D eigenvalue weighted by molar-refractivity contribution is -1.04. The molecular weight excluding hydrogens is 336 g/mol. The molecule has 5 bridgehead atoms. The number of aliphatic hydroxyl groups is 2. The van der Waals surface area contributed by atoms with Gasteiger partial charge in [0, 0.05) is 37.4 Å². The minimum atomic E-state index is -0.271. The first-order valence-corrected chi connectivity index (χ1v) is 11.1. The van der Waals surface area contributed by atoms with Crippen LogP contribution in [0.15, 0.2) is 24.3 Å². The Morgan fingerprint density at radius 2 is 1.96 bits per heavy atom. The predicted molar refractivity (Wildman–Crippen MR) is 105 cm³/mol. The quantitative estimate of drug-likeness (QED) is 0.805. The predicted octanol–water partition coefficient (Wildman–Crippen LogP) is 2.48. The van der Waals surface area contributed by atoms with Crippen molar-refractivity contribution < 1.29 is 14.7 Å². The van der Waals surface area contributed by atoms with E-state index < -0.39 is 0 Å². The van der Waals surface area contributed by atoms with Crippen LogP contribution in [-0.4, -0.2) is 58.7 Å². The standard InChI is InChI=1S/C23H33N2O2/c1-4-10-25-17-11-14(13(5-2)22(25)27)19-18(25)12-23(21(19)26)15-8-6-7-9-16(15)24(3)20(17)23/h6-9,13-14,17-22,26-27H,4-5,10-12H2,1-3H3/q+1/t13-,14+,17-,18-,19+,20-,21+,22+,23-,25?/m0/s1. The van der Waals surface area contributed by atoms with Gasteiger partial charge in [0.25, 0.3) is 0 Å². The molecule has 7 rings (SSSR count). The van der Waals surface area contributed by atoms with Crippen LogP contribution in [0.1, 0.15) is 45.1 Å². The maximum atomic E-state index is 11.9. The number of quaternary nitrogens is 1. The highest BCUT2D eigenvalue weighted by atomic mass is 16.3. The molecule has 1 aromatic rings. The summed E-state index contributed by atoms with van der Waals surface area (Å²) in [5, 5.41) is 23.6. The molecule has 6 aliphatic rings. The fourth-order valence-electron chi connectivity index (χ4n) is 9.23. The van der Waals surface area contributed by atoms with E-state index in [2.05, 4.69) is 50.1 Å². The van der Waals surface area contributed by atoms with Crippen LogP contribution in [0.2, 0.25) is 0 Å². The molecule has 146 valence electrons. The van der Waals surface area contributed by atoms with Crippen LogP contribution in [0, 0.1) is 17.8 Å². The summed E-state index contributed by atoms with van der Waals surface area (Å²) in [6.07, 6.45) is 3.84. The van der Waals surface area contributed by atoms with Crippen molar-refractivity contribution in [2.75, 3.05) is 18.5 Å². The van der Waals surface area contributed by atoms with Crippen LogP contribution in [-0.2, 0) is 5.41 Å². The Bertz CT molecular complexity index is 798. The highest BCUT2D eigenvalue weighted by Gasteiger charge is 2.82. The fourth-order valence-corrected chi connectivity index (χ4v) is 9.23. The molecule has 27 heavy (non-hydrogen) atoms. The third kappa shape index (κ3) is 1.51. The van der Waals surface area contributed by atoms with E-state index in [1.807, 2.05) is 0 Å². The highest BCUT2D eigenvalue weighted by molar-refractivity contribution is 5.66. The number of hydrogen-bond donors (Lipinski definition) is 2. The molecular formula is C23H33N2O2+. The lowest BCUT2D eigenvalue weighted by Crippen LogP contribution is -2.83. The molecule has 1 aliphatic carbocycles. The number of benzene rings is 1. The van der Waals surface area contributed by atoms with Crippen molar-refractivity contribution in [3.05, 3.63) is 29.8 Å². The van der Waals surface area contributed by atoms with Crippen LogP contribution >= 0.6 is 0 Å². The summed E-state index contributed by atoms with van der Waals surface area (Å²) < 4.78 is 0.873. The van der Waals surface area contributed by atoms with E-state index >= 15 is 0 Å². The number of hydrogen-bond acceptors (Lipinski definition) is 3. The zero-order chi connectivity index (χ0) is 18.7. The smallest absolute Gasteiger partial charge is 0.194 e. The highest BCUT2D eigenvalue weighted by Crippen LogP contribution is 2.71. The summed E-state index contributed by atoms with van der Waals surface area (Å²) in [6, 6.07) is 9.97. The first-order chi connectivity index (χ1) is 13.0. The monoisotopic (exact) mass is 369 g/mol. The molecule has 4 saturated heterocycles. The zero-order valence-electron chi connectivity index (χ0n) is 16.8. The zero-order valence-corrected chi connectivity index (χ0v) is 16.8. The van der Waals surface area contributed by atoms with Gasteiger partial charge in [-0.1, -0.05) is 32.0 Å². The molecule has 10 atom stereocenters. The average Bonchev–Trinajstić information content (AvgIpc) is 3.06. The fraction of sp³-hybridized carbons (Fsp3) is 0.739. The summed E-state index contributed by atoms with van der Waals surface area (Å²) in [4.78, 5) is 2.48. The third-order valence-corrected chi connectivity index (χ3v) is 9.73. The van der Waals surface area contributed by atoms with Gasteiger partial charge >= 0.3 is 0 Å². The molecule has 4 nitrogen and oxygen atoms in total. The molecule has 2 N–H and O–H groups in total. The second kappa shape index (κ2) is 5.08. The van der Waals surface area contributed by atoms with E-state index in [0.717, 1.165) is 30.3 Å². The Kier molecular flexibility index (Phi) is 3.17. The molecule has 1 saturated carbocycles. The van der Waals surface area contributed by atoms with E-state index in [1.165, 1.54) is 17.7 Å². The second-order valence-corrected chi connectivity index (χ2v) is 10.1. The van der Waals surface area contributed by atoms with Gasteiger partial charge in [0.05, 0.1) is 30.1 Å². The summed E-state index contributed by atoms with van der Waals surface area (Å²) in [5.41, 5.74) is 2.56. The summed E-state index contributed by atoms with van der Waals surface area (Å²) in [6.45, 7) is 5.56. The summed E-state index contributed by atoms with van der Waals surface area (Å²) in [5.74, 6) is 1.18. The van der Waals surface area contributed by atoms with E-state index in [-0.39, 0.29) is 17.7 Å². The van der Waals surface area contributed by atoms with E-state index in [4.69, 9.17) is 0 Å². The number of fused-ring (bicyclic) bond motifs is 2. The Labute approximate surface area is 162 Å². The van der Waals surface area contributed by atoms with Gasteiger partial charge in [-0.2, -0.15) is 0 Å². The van der Waals surface area contributed by atoms with Gasteiger partial charge in [-0.3, -0.25) is 4.48 Å². The van der Waals surface area contributed by atoms with E-state index in [0.29, 0.717) is 35.9 Å². The van der Waals surface area contributed by atoms with Gasteiger partial charge < -0.3 is 15.1 Å². The first kappa shape index (κ1) is 16.8. The molecule has 5 aliphatic heterocycles. The molecule has 5 heterocycles. The molecule has 0 radical (unpaired) electrons. The average molecular weight is 370 g/mol. The molecule has 1 unspecified atom stereocenters. The van der Waals surface area contributed by atoms with Crippen molar-refractivity contribution >= 4 is 5.69 Å². The lowest BCUT2D eigenvalue weighted by Gasteiger charge is -2.68. The minimum absolute atomic E-state index is 0.127. The van der Waals surface area contributed by atoms with Crippen molar-refractivity contribution in [3.63, 3.8) is 0 Å². The number of nitrogens with zero attached hydrogens (tertiary/aromatic N) is 2. The van der Waals surface area contributed by atoms with Crippen molar-refractivity contribution in [2.45, 2.75) is 75.4 Å². The summed E-state index contributed by atoms with van der Waals surface area (Å²) >= 11 is 0. The number of anilines is 1. The topological polar surface area (TPSA) is 43.7 Å². The van der Waals surface area contributed by atoms with Crippen LogP contribution in [0.25, 0.3) is 0 Å². The number of piperidine rings is 4. The second-order valence-electron chi connectivity index (χ2n) is 10.1. The Morgan fingerprint density at radius 3 is 2.70 bits per heavy atom. The Morgan fingerprint density at radius 1 is 1.19 bits per heavy atom. The molecule has 1 spiro atoms. The van der Waals surface area contributed by atoms with Crippen molar-refractivity contribution in [1.82, 2.24) is 0 Å². The lowest BCUT2D eigenvalue weighted by atomic mass is 9.60. The normalized spacial score (nSPS) is 53.7. The number of aliphatic hydroxyl groups excluding tert-OH is 2. The molecule has 4 heteroatoms. The largest absolute Gasteiger partial charge is 0.392 e.